The van der Waals surface area contributed by atoms with Gasteiger partial charge in [0.2, 0.25) is 0 Å². The number of amides is 1. The molecule has 0 saturated carbocycles. The fraction of sp³-hybridized carbons (Fsp3) is 0. The highest BCUT2D eigenvalue weighted by atomic mass is 35.5. The minimum atomic E-state index is -0.475. The number of nitrogens with zero attached hydrogens (tertiary/aromatic N) is 2. The number of benzene rings is 2. The summed E-state index contributed by atoms with van der Waals surface area (Å²) in [6, 6.07) is 20.4. The average Bonchev–Trinajstić information content (AvgIpc) is 3.09. The molecule has 0 fully saturated rings. The van der Waals surface area contributed by atoms with Gasteiger partial charge in [-0.15, -0.1) is 0 Å². The predicted molar refractivity (Wildman–Crippen MR) is 99.4 cm³/mol. The third-order valence-corrected chi connectivity index (χ3v) is 3.76. The number of nitriles is 1. The van der Waals surface area contributed by atoms with Gasteiger partial charge >= 0.3 is 0 Å². The number of carbonyl (C=O) groups excluding carboxylic acids is 1. The van der Waals surface area contributed by atoms with Crippen LogP contribution in [0.2, 0.25) is 5.02 Å². The van der Waals surface area contributed by atoms with E-state index in [-0.39, 0.29) is 5.57 Å². The molecule has 5 heteroatoms. The van der Waals surface area contributed by atoms with Crippen molar-refractivity contribution in [2.24, 2.45) is 0 Å². The second-order valence-corrected chi connectivity index (χ2v) is 5.76. The highest BCUT2D eigenvalue weighted by molar-refractivity contribution is 6.31. The fourth-order valence-electron chi connectivity index (χ4n) is 2.34. The Morgan fingerprint density at radius 1 is 1.12 bits per heavy atom. The molecule has 0 aliphatic carbocycles. The third kappa shape index (κ3) is 4.17. The van der Waals surface area contributed by atoms with E-state index < -0.39 is 5.91 Å². The van der Waals surface area contributed by atoms with Crippen LogP contribution in [0.15, 0.2) is 78.6 Å². The molecule has 0 aliphatic rings. The molecule has 0 spiro atoms. The van der Waals surface area contributed by atoms with Crippen molar-refractivity contribution in [2.45, 2.75) is 0 Å². The topological polar surface area (TPSA) is 57.8 Å². The molecule has 2 aromatic carbocycles. The van der Waals surface area contributed by atoms with Crippen LogP contribution in [0.5, 0.6) is 0 Å². The Morgan fingerprint density at radius 3 is 2.64 bits per heavy atom. The maximum atomic E-state index is 12.3. The van der Waals surface area contributed by atoms with Gasteiger partial charge in [0.1, 0.15) is 11.6 Å². The van der Waals surface area contributed by atoms with Gasteiger partial charge in [0.25, 0.3) is 5.91 Å². The number of rotatable bonds is 4. The normalized spacial score (nSPS) is 11.0. The van der Waals surface area contributed by atoms with E-state index in [2.05, 4.69) is 5.32 Å². The number of nitrogens with one attached hydrogen (secondary N) is 1. The molecule has 0 atom stereocenters. The molecule has 3 aromatic rings. The van der Waals surface area contributed by atoms with Crippen molar-refractivity contribution in [1.29, 1.82) is 5.26 Å². The quantitative estimate of drug-likeness (QED) is 0.550. The summed E-state index contributed by atoms with van der Waals surface area (Å²) in [6.45, 7) is 0. The molecule has 1 aromatic heterocycles. The highest BCUT2D eigenvalue weighted by Gasteiger charge is 2.10. The summed E-state index contributed by atoms with van der Waals surface area (Å²) in [5.74, 6) is -0.475. The Balaban J connectivity index is 1.80. The summed E-state index contributed by atoms with van der Waals surface area (Å²) in [5.41, 5.74) is 2.33. The molecule has 0 saturated heterocycles. The van der Waals surface area contributed by atoms with Crippen molar-refractivity contribution < 1.29 is 4.79 Å². The lowest BCUT2D eigenvalue weighted by Crippen LogP contribution is -2.13. The molecule has 4 nitrogen and oxygen atoms in total. The van der Waals surface area contributed by atoms with Crippen LogP contribution in [0.1, 0.15) is 5.56 Å². The van der Waals surface area contributed by atoms with Gasteiger partial charge in [-0.05, 0) is 48.0 Å². The molecule has 0 unspecified atom stereocenters. The summed E-state index contributed by atoms with van der Waals surface area (Å²) < 4.78 is 1.93. The Morgan fingerprint density at radius 2 is 1.92 bits per heavy atom. The van der Waals surface area contributed by atoms with E-state index in [1.54, 1.807) is 30.3 Å². The summed E-state index contributed by atoms with van der Waals surface area (Å²) in [7, 11) is 0. The largest absolute Gasteiger partial charge is 0.323 e. The zero-order valence-corrected chi connectivity index (χ0v) is 13.9. The Hall–Kier alpha value is -3.29. The van der Waals surface area contributed by atoms with Gasteiger partial charge in [-0.2, -0.15) is 5.26 Å². The van der Waals surface area contributed by atoms with Gasteiger partial charge in [0.15, 0.2) is 0 Å². The molecule has 0 radical (unpaired) electrons. The lowest BCUT2D eigenvalue weighted by atomic mass is 10.2. The molecular formula is C20H14ClN3O. The zero-order chi connectivity index (χ0) is 17.6. The van der Waals surface area contributed by atoms with Gasteiger partial charge in [0.05, 0.1) is 0 Å². The smallest absolute Gasteiger partial charge is 0.266 e. The number of para-hydroxylation sites is 1. The van der Waals surface area contributed by atoms with Crippen LogP contribution in [0.25, 0.3) is 11.8 Å². The molecule has 1 heterocycles. The first-order chi connectivity index (χ1) is 12.2. The number of halogens is 1. The van der Waals surface area contributed by atoms with Crippen molar-refractivity contribution in [3.8, 4) is 11.8 Å². The average molecular weight is 348 g/mol. The molecule has 3 rings (SSSR count). The number of hydrogen-bond donors (Lipinski definition) is 1. The van der Waals surface area contributed by atoms with Gasteiger partial charge in [0, 0.05) is 28.8 Å². The summed E-state index contributed by atoms with van der Waals surface area (Å²) in [5, 5.41) is 12.5. The van der Waals surface area contributed by atoms with Gasteiger partial charge < -0.3 is 9.88 Å². The highest BCUT2D eigenvalue weighted by Crippen LogP contribution is 2.17. The monoisotopic (exact) mass is 347 g/mol. The van der Waals surface area contributed by atoms with E-state index >= 15 is 0 Å². The van der Waals surface area contributed by atoms with Crippen molar-refractivity contribution >= 4 is 29.3 Å². The standard InChI is InChI=1S/C20H14ClN3O/c21-17-5-4-6-18(12-17)23-20(25)16(13-22)11-15-9-10-24(14-15)19-7-2-1-3-8-19/h1-12,14H,(H,23,25)/b16-11+. The Bertz CT molecular complexity index is 968. The van der Waals surface area contributed by atoms with Gasteiger partial charge in [-0.25, -0.2) is 0 Å². The van der Waals surface area contributed by atoms with Crippen LogP contribution in [0, 0.1) is 11.3 Å². The third-order valence-electron chi connectivity index (χ3n) is 3.53. The summed E-state index contributed by atoms with van der Waals surface area (Å²) in [6.07, 6.45) is 5.30. The van der Waals surface area contributed by atoms with Crippen molar-refractivity contribution in [3.05, 3.63) is 89.2 Å². The van der Waals surface area contributed by atoms with Crippen LogP contribution >= 0.6 is 11.6 Å². The molecule has 1 N–H and O–H groups in total. The lowest BCUT2D eigenvalue weighted by Gasteiger charge is -2.04. The van der Waals surface area contributed by atoms with Crippen LogP contribution in [0.3, 0.4) is 0 Å². The van der Waals surface area contributed by atoms with Crippen LogP contribution in [-0.4, -0.2) is 10.5 Å². The van der Waals surface area contributed by atoms with Crippen LogP contribution < -0.4 is 5.32 Å². The van der Waals surface area contributed by atoms with E-state index in [9.17, 15) is 10.1 Å². The van der Waals surface area contributed by atoms with E-state index in [0.29, 0.717) is 10.7 Å². The molecular weight excluding hydrogens is 334 g/mol. The first-order valence-electron chi connectivity index (χ1n) is 7.58. The van der Waals surface area contributed by atoms with Gasteiger partial charge in [-0.1, -0.05) is 35.9 Å². The number of hydrogen-bond acceptors (Lipinski definition) is 2. The van der Waals surface area contributed by atoms with Crippen molar-refractivity contribution in [2.75, 3.05) is 5.32 Å². The maximum absolute atomic E-state index is 12.3. The first-order valence-corrected chi connectivity index (χ1v) is 7.95. The molecule has 122 valence electrons. The zero-order valence-electron chi connectivity index (χ0n) is 13.2. The number of anilines is 1. The number of aromatic nitrogens is 1. The fourth-order valence-corrected chi connectivity index (χ4v) is 2.53. The molecule has 25 heavy (non-hydrogen) atoms. The Kier molecular flexibility index (Phi) is 4.98. The van der Waals surface area contributed by atoms with Crippen LogP contribution in [0.4, 0.5) is 5.69 Å². The van der Waals surface area contributed by atoms with E-state index in [1.165, 1.54) is 0 Å². The molecule has 0 aliphatic heterocycles. The maximum Gasteiger partial charge on any atom is 0.266 e. The Labute approximate surface area is 150 Å². The predicted octanol–water partition coefficient (Wildman–Crippen LogP) is 4.68. The van der Waals surface area contributed by atoms with Gasteiger partial charge in [-0.3, -0.25) is 4.79 Å². The molecule has 1 amide bonds. The second kappa shape index (κ2) is 7.52. The SMILES string of the molecule is N#C/C(=C\c1ccn(-c2ccccc2)c1)C(=O)Nc1cccc(Cl)c1. The first kappa shape index (κ1) is 16.6. The van der Waals surface area contributed by atoms with E-state index in [4.69, 9.17) is 11.6 Å². The second-order valence-electron chi connectivity index (χ2n) is 5.32. The van der Waals surface area contributed by atoms with E-state index in [0.717, 1.165) is 11.3 Å². The lowest BCUT2D eigenvalue weighted by molar-refractivity contribution is -0.112. The minimum absolute atomic E-state index is 0.0192. The van der Waals surface area contributed by atoms with Crippen molar-refractivity contribution in [1.82, 2.24) is 4.57 Å². The van der Waals surface area contributed by atoms with E-state index in [1.807, 2.05) is 59.4 Å². The summed E-state index contributed by atoms with van der Waals surface area (Å²) in [4.78, 5) is 12.3. The van der Waals surface area contributed by atoms with Crippen molar-refractivity contribution in [3.63, 3.8) is 0 Å². The number of carbonyl (C=O) groups is 1. The molecule has 0 bridgehead atoms. The summed E-state index contributed by atoms with van der Waals surface area (Å²) >= 11 is 5.90. The minimum Gasteiger partial charge on any atom is -0.323 e. The van der Waals surface area contributed by atoms with Crippen LogP contribution in [-0.2, 0) is 4.79 Å².